The molecule has 0 atom stereocenters. The zero-order valence-electron chi connectivity index (χ0n) is 16.9. The Bertz CT molecular complexity index is 1360. The second kappa shape index (κ2) is 8.80. The number of nitriles is 1. The molecule has 8 heteroatoms. The number of nitrogens with zero attached hydrogens (tertiary/aromatic N) is 4. The van der Waals surface area contributed by atoms with Gasteiger partial charge in [-0.1, -0.05) is 41.9 Å². The number of nitrogens with one attached hydrogen (secondary N) is 1. The predicted octanol–water partition coefficient (Wildman–Crippen LogP) is 5.13. The van der Waals surface area contributed by atoms with Gasteiger partial charge in [0.2, 0.25) is 5.95 Å². The number of rotatable bonds is 5. The van der Waals surface area contributed by atoms with E-state index in [4.69, 9.17) is 21.6 Å². The number of halogens is 1. The molecule has 2 heterocycles. The summed E-state index contributed by atoms with van der Waals surface area (Å²) in [6.07, 6.45) is 1.85. The summed E-state index contributed by atoms with van der Waals surface area (Å²) in [4.78, 5) is 23.3. The van der Waals surface area contributed by atoms with Crippen LogP contribution in [0.15, 0.2) is 64.4 Å². The smallest absolute Gasteiger partial charge is 0.269 e. The van der Waals surface area contributed by atoms with Gasteiger partial charge in [-0.3, -0.25) is 4.79 Å². The maximum atomic E-state index is 13.9. The highest BCUT2D eigenvalue weighted by Crippen LogP contribution is 2.32. The van der Waals surface area contributed by atoms with E-state index in [2.05, 4.69) is 11.4 Å². The van der Waals surface area contributed by atoms with Crippen molar-refractivity contribution in [1.82, 2.24) is 14.5 Å². The van der Waals surface area contributed by atoms with Gasteiger partial charge < -0.3 is 5.32 Å². The van der Waals surface area contributed by atoms with E-state index in [1.807, 2.05) is 43.5 Å². The van der Waals surface area contributed by atoms with Crippen LogP contribution in [0.3, 0.4) is 0 Å². The van der Waals surface area contributed by atoms with E-state index < -0.39 is 0 Å². The lowest BCUT2D eigenvalue weighted by Gasteiger charge is -2.17. The van der Waals surface area contributed by atoms with E-state index in [1.54, 1.807) is 24.3 Å². The van der Waals surface area contributed by atoms with Crippen molar-refractivity contribution in [2.45, 2.75) is 11.9 Å². The van der Waals surface area contributed by atoms with Gasteiger partial charge in [0, 0.05) is 17.1 Å². The Morgan fingerprint density at radius 3 is 2.45 bits per heavy atom. The van der Waals surface area contributed by atoms with E-state index in [0.29, 0.717) is 50.4 Å². The highest BCUT2D eigenvalue weighted by molar-refractivity contribution is 7.98. The first-order chi connectivity index (χ1) is 15.1. The van der Waals surface area contributed by atoms with Crippen molar-refractivity contribution in [2.24, 2.45) is 0 Å². The van der Waals surface area contributed by atoms with Crippen LogP contribution in [0.1, 0.15) is 12.5 Å². The molecule has 0 amide bonds. The normalized spacial score (nSPS) is 10.8. The highest BCUT2D eigenvalue weighted by atomic mass is 35.5. The number of hydrogen-bond donors (Lipinski definition) is 1. The fourth-order valence-electron chi connectivity index (χ4n) is 3.39. The van der Waals surface area contributed by atoms with Crippen molar-refractivity contribution < 1.29 is 0 Å². The lowest BCUT2D eigenvalue weighted by Crippen LogP contribution is -2.25. The predicted molar refractivity (Wildman–Crippen MR) is 126 cm³/mol. The first-order valence-electron chi connectivity index (χ1n) is 9.59. The third-order valence-corrected chi connectivity index (χ3v) is 5.69. The molecule has 0 unspecified atom stereocenters. The van der Waals surface area contributed by atoms with Gasteiger partial charge in [0.25, 0.3) is 5.56 Å². The molecule has 0 saturated carbocycles. The minimum Gasteiger partial charge on any atom is -0.356 e. The van der Waals surface area contributed by atoms with Crippen LogP contribution in [0.25, 0.3) is 27.8 Å². The summed E-state index contributed by atoms with van der Waals surface area (Å²) in [5.74, 6) is 0.357. The van der Waals surface area contributed by atoms with E-state index in [1.165, 1.54) is 16.3 Å². The van der Waals surface area contributed by atoms with Gasteiger partial charge >= 0.3 is 0 Å². The molecule has 4 rings (SSSR count). The molecule has 0 aliphatic carbocycles. The summed E-state index contributed by atoms with van der Waals surface area (Å²) in [5, 5.41) is 14.4. The van der Waals surface area contributed by atoms with Gasteiger partial charge in [-0.25, -0.2) is 14.5 Å². The van der Waals surface area contributed by atoms with E-state index in [0.717, 1.165) is 5.56 Å². The van der Waals surface area contributed by atoms with Crippen LogP contribution in [0.2, 0.25) is 5.02 Å². The van der Waals surface area contributed by atoms with Crippen molar-refractivity contribution in [3.8, 4) is 23.0 Å². The molecule has 2 aromatic heterocycles. The number of aromatic nitrogens is 3. The van der Waals surface area contributed by atoms with Crippen molar-refractivity contribution in [1.29, 1.82) is 5.26 Å². The van der Waals surface area contributed by atoms with Gasteiger partial charge in [0.15, 0.2) is 0 Å². The molecule has 2 aromatic carbocycles. The van der Waals surface area contributed by atoms with Gasteiger partial charge in [0.05, 0.1) is 16.8 Å². The number of hydrogen-bond acceptors (Lipinski definition) is 6. The van der Waals surface area contributed by atoms with Crippen LogP contribution < -0.4 is 10.9 Å². The molecule has 31 heavy (non-hydrogen) atoms. The highest BCUT2D eigenvalue weighted by Gasteiger charge is 2.22. The van der Waals surface area contributed by atoms with Gasteiger partial charge in [0.1, 0.15) is 22.2 Å². The summed E-state index contributed by atoms with van der Waals surface area (Å²) in [6, 6.07) is 18.6. The molecule has 154 valence electrons. The summed E-state index contributed by atoms with van der Waals surface area (Å²) in [7, 11) is 0. The fourth-order valence-corrected chi connectivity index (χ4v) is 4.04. The van der Waals surface area contributed by atoms with Crippen molar-refractivity contribution in [3.63, 3.8) is 0 Å². The average molecular weight is 448 g/mol. The molecule has 0 aliphatic rings. The fraction of sp³-hybridized carbons (Fsp3) is 0.130. The molecule has 0 fully saturated rings. The van der Waals surface area contributed by atoms with Crippen LogP contribution in [0.5, 0.6) is 0 Å². The molecule has 6 nitrogen and oxygen atoms in total. The Kier molecular flexibility index (Phi) is 5.94. The molecule has 0 radical (unpaired) electrons. The number of thioether (sulfide) groups is 1. The Morgan fingerprint density at radius 1 is 1.13 bits per heavy atom. The average Bonchev–Trinajstić information content (AvgIpc) is 2.79. The van der Waals surface area contributed by atoms with Crippen molar-refractivity contribution >= 4 is 40.2 Å². The zero-order valence-corrected chi connectivity index (χ0v) is 18.5. The van der Waals surface area contributed by atoms with Gasteiger partial charge in [-0.15, -0.1) is 11.8 Å². The lowest BCUT2D eigenvalue weighted by molar-refractivity contribution is 0.943. The monoisotopic (exact) mass is 447 g/mol. The van der Waals surface area contributed by atoms with Crippen LogP contribution in [-0.2, 0) is 0 Å². The van der Waals surface area contributed by atoms with E-state index >= 15 is 0 Å². The van der Waals surface area contributed by atoms with Crippen molar-refractivity contribution in [2.75, 3.05) is 18.1 Å². The maximum Gasteiger partial charge on any atom is 0.269 e. The second-order valence-corrected chi connectivity index (χ2v) is 7.86. The molecule has 0 spiro atoms. The molecular weight excluding hydrogens is 430 g/mol. The van der Waals surface area contributed by atoms with Crippen LogP contribution in [0.4, 0.5) is 5.95 Å². The van der Waals surface area contributed by atoms with Gasteiger partial charge in [-0.05, 0) is 37.4 Å². The number of pyridine rings is 1. The molecule has 0 bridgehead atoms. The van der Waals surface area contributed by atoms with Crippen molar-refractivity contribution in [3.05, 3.63) is 75.5 Å². The summed E-state index contributed by atoms with van der Waals surface area (Å²) in [5.41, 5.74) is 2.23. The van der Waals surface area contributed by atoms with Crippen LogP contribution in [0, 0.1) is 11.3 Å². The Balaban J connectivity index is 2.19. The summed E-state index contributed by atoms with van der Waals surface area (Å²) >= 11 is 7.40. The number of fused-ring (bicyclic) bond motifs is 1. The third kappa shape index (κ3) is 3.76. The SMILES string of the molecule is CCNc1nc2c(C#N)c(SC)nc(-c3ccccc3)c2c(=O)n1-c1ccc(Cl)cc1. The third-order valence-electron chi connectivity index (χ3n) is 4.76. The largest absolute Gasteiger partial charge is 0.356 e. The lowest BCUT2D eigenvalue weighted by atomic mass is 10.1. The molecule has 4 aromatic rings. The van der Waals surface area contributed by atoms with Crippen LogP contribution in [-0.4, -0.2) is 27.3 Å². The van der Waals surface area contributed by atoms with Crippen LogP contribution >= 0.6 is 23.4 Å². The number of anilines is 1. The minimum absolute atomic E-state index is 0.293. The van der Waals surface area contributed by atoms with E-state index in [-0.39, 0.29) is 5.56 Å². The Hall–Kier alpha value is -3.34. The second-order valence-electron chi connectivity index (χ2n) is 6.63. The standard InChI is InChI=1S/C23H18ClN5OS/c1-3-26-23-28-20-17(13-25)21(31-2)27-19(14-7-5-4-6-8-14)18(20)22(30)29(23)16-11-9-15(24)10-12-16/h4-12H,3H2,1-2H3,(H,26,28). The molecule has 0 saturated heterocycles. The number of benzene rings is 2. The summed E-state index contributed by atoms with van der Waals surface area (Å²) in [6.45, 7) is 2.47. The quantitative estimate of drug-likeness (QED) is 0.427. The first-order valence-corrected chi connectivity index (χ1v) is 11.2. The Labute approximate surface area is 188 Å². The molecule has 0 aliphatic heterocycles. The topological polar surface area (TPSA) is 83.6 Å². The first kappa shape index (κ1) is 20.9. The Morgan fingerprint density at radius 2 is 1.84 bits per heavy atom. The maximum absolute atomic E-state index is 13.9. The minimum atomic E-state index is -0.307. The van der Waals surface area contributed by atoms with Gasteiger partial charge in [-0.2, -0.15) is 5.26 Å². The molecule has 1 N–H and O–H groups in total. The van der Waals surface area contributed by atoms with E-state index in [9.17, 15) is 10.1 Å². The summed E-state index contributed by atoms with van der Waals surface area (Å²) < 4.78 is 1.50. The molecular formula is C23H18ClN5OS. The zero-order chi connectivity index (χ0) is 22.0.